The van der Waals surface area contributed by atoms with Crippen molar-refractivity contribution in [3.63, 3.8) is 0 Å². The molecule has 0 unspecified atom stereocenters. The van der Waals surface area contributed by atoms with Crippen LogP contribution in [-0.2, 0) is 6.42 Å². The predicted octanol–water partition coefficient (Wildman–Crippen LogP) is 3.16. The Hall–Kier alpha value is -1.29. The summed E-state index contributed by atoms with van der Waals surface area (Å²) in [6, 6.07) is 4.65. The minimum Gasteiger partial charge on any atom is -0.494 e. The Morgan fingerprint density at radius 1 is 1.50 bits per heavy atom. The molecular formula is C11H14ClNO3. The summed E-state index contributed by atoms with van der Waals surface area (Å²) in [6.45, 7) is 2.43. The number of nitro groups is 1. The van der Waals surface area contributed by atoms with Crippen molar-refractivity contribution in [1.29, 1.82) is 0 Å². The molecule has 1 aromatic carbocycles. The van der Waals surface area contributed by atoms with E-state index in [9.17, 15) is 10.1 Å². The fourth-order valence-corrected chi connectivity index (χ4v) is 1.56. The molecule has 0 heterocycles. The Morgan fingerprint density at radius 2 is 2.25 bits per heavy atom. The third-order valence-corrected chi connectivity index (χ3v) is 2.40. The van der Waals surface area contributed by atoms with E-state index in [2.05, 4.69) is 0 Å². The third kappa shape index (κ3) is 3.38. The Morgan fingerprint density at radius 3 is 2.81 bits per heavy atom. The van der Waals surface area contributed by atoms with Crippen LogP contribution < -0.4 is 4.74 Å². The van der Waals surface area contributed by atoms with Crippen LogP contribution in [0.1, 0.15) is 18.9 Å². The van der Waals surface area contributed by atoms with Gasteiger partial charge in [-0.05, 0) is 25.8 Å². The smallest absolute Gasteiger partial charge is 0.269 e. The molecule has 16 heavy (non-hydrogen) atoms. The highest BCUT2D eigenvalue weighted by Gasteiger charge is 2.11. The average molecular weight is 244 g/mol. The number of benzene rings is 1. The number of nitrogens with zero attached hydrogens (tertiary/aromatic N) is 1. The van der Waals surface area contributed by atoms with Gasteiger partial charge in [0, 0.05) is 23.6 Å². The molecule has 88 valence electrons. The van der Waals surface area contributed by atoms with Gasteiger partial charge in [0.05, 0.1) is 11.5 Å². The number of halogens is 1. The van der Waals surface area contributed by atoms with E-state index in [0.717, 1.165) is 12.0 Å². The van der Waals surface area contributed by atoms with E-state index in [-0.39, 0.29) is 5.69 Å². The highest BCUT2D eigenvalue weighted by molar-refractivity contribution is 6.17. The van der Waals surface area contributed by atoms with Crippen molar-refractivity contribution in [3.05, 3.63) is 33.9 Å². The molecule has 1 rings (SSSR count). The normalized spacial score (nSPS) is 10.1. The maximum Gasteiger partial charge on any atom is 0.269 e. The van der Waals surface area contributed by atoms with Gasteiger partial charge in [-0.15, -0.1) is 11.6 Å². The lowest BCUT2D eigenvalue weighted by Crippen LogP contribution is -1.99. The molecule has 0 aliphatic heterocycles. The Kier molecular flexibility index (Phi) is 5.05. The van der Waals surface area contributed by atoms with E-state index < -0.39 is 4.92 Å². The lowest BCUT2D eigenvalue weighted by atomic mass is 10.1. The summed E-state index contributed by atoms with van der Waals surface area (Å²) in [5.74, 6) is 1.24. The molecule has 4 nitrogen and oxygen atoms in total. The van der Waals surface area contributed by atoms with Crippen molar-refractivity contribution in [1.82, 2.24) is 0 Å². The third-order valence-electron chi connectivity index (χ3n) is 2.13. The van der Waals surface area contributed by atoms with Gasteiger partial charge >= 0.3 is 0 Å². The number of hydrogen-bond acceptors (Lipinski definition) is 3. The monoisotopic (exact) mass is 243 g/mol. The zero-order valence-electron chi connectivity index (χ0n) is 9.11. The largest absolute Gasteiger partial charge is 0.494 e. The van der Waals surface area contributed by atoms with Gasteiger partial charge in [0.2, 0.25) is 0 Å². The molecule has 0 bridgehead atoms. The number of nitro benzene ring substituents is 1. The molecular weight excluding hydrogens is 230 g/mol. The van der Waals surface area contributed by atoms with Crippen molar-refractivity contribution >= 4 is 17.3 Å². The van der Waals surface area contributed by atoms with Gasteiger partial charge in [0.15, 0.2) is 0 Å². The fraction of sp³-hybridized carbons (Fsp3) is 0.455. The highest BCUT2D eigenvalue weighted by atomic mass is 35.5. The molecule has 1 aromatic rings. The van der Waals surface area contributed by atoms with Crippen LogP contribution in [0.3, 0.4) is 0 Å². The molecule has 0 saturated heterocycles. The minimum atomic E-state index is -0.403. The van der Waals surface area contributed by atoms with Gasteiger partial charge in [-0.25, -0.2) is 0 Å². The number of non-ortho nitro benzene ring substituents is 1. The van der Waals surface area contributed by atoms with Crippen LogP contribution in [0.4, 0.5) is 5.69 Å². The number of hydrogen-bond donors (Lipinski definition) is 0. The molecule has 0 saturated carbocycles. The number of ether oxygens (including phenoxy) is 1. The lowest BCUT2D eigenvalue weighted by Gasteiger charge is -2.09. The highest BCUT2D eigenvalue weighted by Crippen LogP contribution is 2.25. The first-order valence-corrected chi connectivity index (χ1v) is 5.68. The predicted molar refractivity (Wildman–Crippen MR) is 63.3 cm³/mol. The molecule has 0 fully saturated rings. The van der Waals surface area contributed by atoms with Crippen LogP contribution >= 0.6 is 11.6 Å². The molecule has 0 amide bonds. The van der Waals surface area contributed by atoms with Gasteiger partial charge in [-0.3, -0.25) is 10.1 Å². The molecule has 0 radical (unpaired) electrons. The average Bonchev–Trinajstić information content (AvgIpc) is 2.27. The maximum absolute atomic E-state index is 10.6. The van der Waals surface area contributed by atoms with Crippen LogP contribution in [0.15, 0.2) is 18.2 Å². The first-order chi connectivity index (χ1) is 7.69. The molecule has 0 aliphatic carbocycles. The van der Waals surface area contributed by atoms with Crippen molar-refractivity contribution < 1.29 is 9.66 Å². The summed E-state index contributed by atoms with van der Waals surface area (Å²) in [6.07, 6.45) is 1.48. The van der Waals surface area contributed by atoms with E-state index in [1.165, 1.54) is 6.07 Å². The lowest BCUT2D eigenvalue weighted by molar-refractivity contribution is -0.384. The fourth-order valence-electron chi connectivity index (χ4n) is 1.43. The van der Waals surface area contributed by atoms with Crippen LogP contribution in [0.5, 0.6) is 5.75 Å². The second-order valence-corrected chi connectivity index (χ2v) is 3.65. The van der Waals surface area contributed by atoms with Crippen molar-refractivity contribution in [2.75, 3.05) is 12.5 Å². The Bertz CT molecular complexity index is 368. The van der Waals surface area contributed by atoms with Gasteiger partial charge < -0.3 is 4.74 Å². The van der Waals surface area contributed by atoms with E-state index >= 15 is 0 Å². The minimum absolute atomic E-state index is 0.0908. The first kappa shape index (κ1) is 12.8. The molecule has 5 heteroatoms. The number of alkyl halides is 1. The standard InChI is InChI=1S/C11H14ClNO3/c1-2-16-11-6-5-10(13(14)15)8-9(11)4-3-7-12/h5-6,8H,2-4,7H2,1H3. The van der Waals surface area contributed by atoms with Crippen LogP contribution in [0.25, 0.3) is 0 Å². The van der Waals surface area contributed by atoms with Crippen molar-refractivity contribution in [2.24, 2.45) is 0 Å². The van der Waals surface area contributed by atoms with Crippen LogP contribution in [0.2, 0.25) is 0 Å². The zero-order chi connectivity index (χ0) is 12.0. The van der Waals surface area contributed by atoms with Crippen LogP contribution in [0, 0.1) is 10.1 Å². The Balaban J connectivity index is 2.95. The van der Waals surface area contributed by atoms with Gasteiger partial charge in [0.1, 0.15) is 5.75 Å². The SMILES string of the molecule is CCOc1ccc([N+](=O)[O-])cc1CCCCl. The molecule has 0 aliphatic rings. The van der Waals surface area contributed by atoms with E-state index in [1.807, 2.05) is 6.92 Å². The second kappa shape index (κ2) is 6.33. The topological polar surface area (TPSA) is 52.4 Å². The summed E-state index contributed by atoms with van der Waals surface area (Å²) in [7, 11) is 0. The number of rotatable bonds is 6. The summed E-state index contributed by atoms with van der Waals surface area (Å²) < 4.78 is 5.40. The maximum atomic E-state index is 10.6. The molecule has 0 N–H and O–H groups in total. The quantitative estimate of drug-likeness (QED) is 0.438. The zero-order valence-corrected chi connectivity index (χ0v) is 9.87. The summed E-state index contributed by atoms with van der Waals surface area (Å²) >= 11 is 5.61. The first-order valence-electron chi connectivity index (χ1n) is 5.15. The summed E-state index contributed by atoms with van der Waals surface area (Å²) in [5, 5.41) is 10.6. The summed E-state index contributed by atoms with van der Waals surface area (Å²) in [4.78, 5) is 10.2. The molecule has 0 aromatic heterocycles. The molecule has 0 spiro atoms. The van der Waals surface area contributed by atoms with Crippen molar-refractivity contribution in [3.8, 4) is 5.75 Å². The molecule has 0 atom stereocenters. The van der Waals surface area contributed by atoms with Gasteiger partial charge in [0.25, 0.3) is 5.69 Å². The van der Waals surface area contributed by atoms with Crippen molar-refractivity contribution in [2.45, 2.75) is 19.8 Å². The van der Waals surface area contributed by atoms with Gasteiger partial charge in [-0.1, -0.05) is 0 Å². The number of aryl methyl sites for hydroxylation is 1. The van der Waals surface area contributed by atoms with Gasteiger partial charge in [-0.2, -0.15) is 0 Å². The van der Waals surface area contributed by atoms with E-state index in [1.54, 1.807) is 12.1 Å². The van der Waals surface area contributed by atoms with E-state index in [0.29, 0.717) is 24.7 Å². The van der Waals surface area contributed by atoms with Crippen LogP contribution in [-0.4, -0.2) is 17.4 Å². The second-order valence-electron chi connectivity index (χ2n) is 3.27. The summed E-state index contributed by atoms with van der Waals surface area (Å²) in [5.41, 5.74) is 0.935. The Labute approximate surface area is 99.3 Å². The van der Waals surface area contributed by atoms with E-state index in [4.69, 9.17) is 16.3 Å².